The molecule has 0 saturated heterocycles. The van der Waals surface area contributed by atoms with Gasteiger partial charge in [0.25, 0.3) is 0 Å². The molecule has 23 heavy (non-hydrogen) atoms. The first-order chi connectivity index (χ1) is 10.7. The molecule has 1 aromatic carbocycles. The van der Waals surface area contributed by atoms with Crippen LogP contribution in [0.15, 0.2) is 18.2 Å². The van der Waals surface area contributed by atoms with Gasteiger partial charge in [0.05, 0.1) is 11.6 Å². The van der Waals surface area contributed by atoms with Crippen LogP contribution < -0.4 is 10.1 Å². The number of hydrogen-bond donors (Lipinski definition) is 1. The Bertz CT molecular complexity index is 557. The lowest BCUT2D eigenvalue weighted by atomic mass is 10.2. The molecular formula is C15H19Cl2NO5. The standard InChI is InChI=1S/C15H19Cl2NO5/c1-15(2,3)23-14(20)18-6-7-21-13(19)9-22-12-5-4-10(16)8-11(12)17/h4-5,8H,6-7,9H2,1-3H3,(H,18,20). The van der Waals surface area contributed by atoms with Crippen LogP contribution in [0.1, 0.15) is 20.8 Å². The van der Waals surface area contributed by atoms with Crippen LogP contribution in [0.2, 0.25) is 10.0 Å². The molecule has 0 saturated carbocycles. The molecule has 0 bridgehead atoms. The number of carbonyl (C=O) groups excluding carboxylic acids is 2. The Hall–Kier alpha value is -1.66. The van der Waals surface area contributed by atoms with Crippen LogP contribution in [-0.4, -0.2) is 37.4 Å². The van der Waals surface area contributed by atoms with Gasteiger partial charge in [0, 0.05) is 5.02 Å². The summed E-state index contributed by atoms with van der Waals surface area (Å²) in [4.78, 5) is 22.9. The minimum absolute atomic E-state index is 0.00971. The van der Waals surface area contributed by atoms with Gasteiger partial charge in [-0.15, -0.1) is 0 Å². The van der Waals surface area contributed by atoms with E-state index in [-0.39, 0.29) is 19.8 Å². The first-order valence-electron chi connectivity index (χ1n) is 6.88. The fraction of sp³-hybridized carbons (Fsp3) is 0.467. The maximum Gasteiger partial charge on any atom is 0.407 e. The highest BCUT2D eigenvalue weighted by Gasteiger charge is 2.15. The zero-order valence-electron chi connectivity index (χ0n) is 13.2. The quantitative estimate of drug-likeness (QED) is 0.618. The molecule has 0 fully saturated rings. The molecule has 0 radical (unpaired) electrons. The molecule has 0 aliphatic heterocycles. The molecule has 128 valence electrons. The molecule has 6 nitrogen and oxygen atoms in total. The summed E-state index contributed by atoms with van der Waals surface area (Å²) >= 11 is 11.7. The van der Waals surface area contributed by atoms with Crippen LogP contribution in [0.4, 0.5) is 4.79 Å². The number of carbonyl (C=O) groups is 2. The van der Waals surface area contributed by atoms with Gasteiger partial charge < -0.3 is 19.5 Å². The van der Waals surface area contributed by atoms with Crippen LogP contribution in [-0.2, 0) is 14.3 Å². The first-order valence-corrected chi connectivity index (χ1v) is 7.63. The van der Waals surface area contributed by atoms with Crippen LogP contribution >= 0.6 is 23.2 Å². The lowest BCUT2D eigenvalue weighted by Crippen LogP contribution is -2.34. The van der Waals surface area contributed by atoms with Gasteiger partial charge in [-0.1, -0.05) is 23.2 Å². The maximum absolute atomic E-state index is 11.5. The van der Waals surface area contributed by atoms with Crippen molar-refractivity contribution in [2.75, 3.05) is 19.8 Å². The molecule has 0 aliphatic carbocycles. The first kappa shape index (κ1) is 19.4. The van der Waals surface area contributed by atoms with Crippen LogP contribution in [0.25, 0.3) is 0 Å². The second-order valence-corrected chi connectivity index (χ2v) is 6.36. The van der Waals surface area contributed by atoms with Gasteiger partial charge in [-0.05, 0) is 39.0 Å². The monoisotopic (exact) mass is 363 g/mol. The van der Waals surface area contributed by atoms with Crippen LogP contribution in [0.5, 0.6) is 5.75 Å². The van der Waals surface area contributed by atoms with E-state index in [1.807, 2.05) is 0 Å². The smallest absolute Gasteiger partial charge is 0.407 e. The minimum atomic E-state index is -0.581. The van der Waals surface area contributed by atoms with Crippen LogP contribution in [0, 0.1) is 0 Å². The van der Waals surface area contributed by atoms with E-state index in [2.05, 4.69) is 5.32 Å². The summed E-state index contributed by atoms with van der Waals surface area (Å²) in [5.74, 6) is -0.248. The van der Waals surface area contributed by atoms with Crippen molar-refractivity contribution in [3.05, 3.63) is 28.2 Å². The fourth-order valence-electron chi connectivity index (χ4n) is 1.40. The molecule has 0 atom stereocenters. The summed E-state index contributed by atoms with van der Waals surface area (Å²) in [6.07, 6.45) is -0.572. The van der Waals surface area contributed by atoms with Gasteiger partial charge in [-0.2, -0.15) is 0 Å². The third-order valence-corrected chi connectivity index (χ3v) is 2.80. The van der Waals surface area contributed by atoms with Crippen molar-refractivity contribution in [3.63, 3.8) is 0 Å². The fourth-order valence-corrected chi connectivity index (χ4v) is 1.87. The predicted octanol–water partition coefficient (Wildman–Crippen LogP) is 3.44. The number of halogens is 2. The number of amides is 1. The second kappa shape index (κ2) is 8.84. The molecule has 1 amide bonds. The van der Waals surface area contributed by atoms with E-state index in [4.69, 9.17) is 37.4 Å². The number of hydrogen-bond acceptors (Lipinski definition) is 5. The van der Waals surface area contributed by atoms with Gasteiger partial charge in [0.2, 0.25) is 0 Å². The third-order valence-electron chi connectivity index (χ3n) is 2.27. The zero-order valence-corrected chi connectivity index (χ0v) is 14.7. The van der Waals surface area contributed by atoms with Gasteiger partial charge >= 0.3 is 12.1 Å². The van der Waals surface area contributed by atoms with Crippen molar-refractivity contribution in [3.8, 4) is 5.75 Å². The van der Waals surface area contributed by atoms with E-state index in [1.54, 1.807) is 32.9 Å². The summed E-state index contributed by atoms with van der Waals surface area (Å²) in [7, 11) is 0. The highest BCUT2D eigenvalue weighted by molar-refractivity contribution is 6.35. The Morgan fingerprint density at radius 3 is 2.52 bits per heavy atom. The number of alkyl carbamates (subject to hydrolysis) is 1. The average Bonchev–Trinajstić information content (AvgIpc) is 2.40. The van der Waals surface area contributed by atoms with Crippen molar-refractivity contribution in [1.29, 1.82) is 0 Å². The summed E-state index contributed by atoms with van der Waals surface area (Å²) in [6.45, 7) is 5.12. The van der Waals surface area contributed by atoms with E-state index < -0.39 is 17.7 Å². The zero-order chi connectivity index (χ0) is 17.5. The van der Waals surface area contributed by atoms with E-state index in [9.17, 15) is 9.59 Å². The van der Waals surface area contributed by atoms with Crippen LogP contribution in [0.3, 0.4) is 0 Å². The molecule has 1 N–H and O–H groups in total. The molecule has 1 aromatic rings. The van der Waals surface area contributed by atoms with E-state index in [0.717, 1.165) is 0 Å². The summed E-state index contributed by atoms with van der Waals surface area (Å²) < 4.78 is 15.2. The minimum Gasteiger partial charge on any atom is -0.480 e. The average molecular weight is 364 g/mol. The topological polar surface area (TPSA) is 73.9 Å². The van der Waals surface area contributed by atoms with Crippen molar-refractivity contribution in [1.82, 2.24) is 5.32 Å². The molecule has 0 unspecified atom stereocenters. The number of benzene rings is 1. The third kappa shape index (κ3) is 8.52. The highest BCUT2D eigenvalue weighted by Crippen LogP contribution is 2.27. The molecule has 8 heteroatoms. The maximum atomic E-state index is 11.5. The van der Waals surface area contributed by atoms with Crippen molar-refractivity contribution >= 4 is 35.3 Å². The lowest BCUT2D eigenvalue weighted by molar-refractivity contribution is -0.145. The Morgan fingerprint density at radius 1 is 1.22 bits per heavy atom. The molecule has 0 aromatic heterocycles. The Labute approximate surface area is 145 Å². The van der Waals surface area contributed by atoms with E-state index in [0.29, 0.717) is 15.8 Å². The molecule has 0 aliphatic rings. The summed E-state index contributed by atoms with van der Waals surface area (Å²) in [6, 6.07) is 4.66. The van der Waals surface area contributed by atoms with Crippen molar-refractivity contribution < 1.29 is 23.8 Å². The predicted molar refractivity (Wildman–Crippen MR) is 87.2 cm³/mol. The number of nitrogens with one attached hydrogen (secondary N) is 1. The number of esters is 1. The highest BCUT2D eigenvalue weighted by atomic mass is 35.5. The molecule has 1 rings (SSSR count). The number of rotatable bonds is 6. The molecule has 0 heterocycles. The Balaban J connectivity index is 2.21. The lowest BCUT2D eigenvalue weighted by Gasteiger charge is -2.19. The normalized spacial score (nSPS) is 10.8. The van der Waals surface area contributed by atoms with Crippen molar-refractivity contribution in [2.24, 2.45) is 0 Å². The van der Waals surface area contributed by atoms with E-state index in [1.165, 1.54) is 6.07 Å². The summed E-state index contributed by atoms with van der Waals surface area (Å²) in [5, 5.41) is 3.24. The Morgan fingerprint density at radius 2 is 1.91 bits per heavy atom. The largest absolute Gasteiger partial charge is 0.480 e. The number of ether oxygens (including phenoxy) is 3. The Kier molecular flexibility index (Phi) is 7.45. The van der Waals surface area contributed by atoms with Gasteiger partial charge in [-0.25, -0.2) is 9.59 Å². The molecule has 0 spiro atoms. The van der Waals surface area contributed by atoms with Gasteiger partial charge in [0.1, 0.15) is 18.0 Å². The molecular weight excluding hydrogens is 345 g/mol. The van der Waals surface area contributed by atoms with Crippen molar-refractivity contribution in [2.45, 2.75) is 26.4 Å². The SMILES string of the molecule is CC(C)(C)OC(=O)NCCOC(=O)COc1ccc(Cl)cc1Cl. The van der Waals surface area contributed by atoms with E-state index >= 15 is 0 Å². The van der Waals surface area contributed by atoms with Gasteiger partial charge in [-0.3, -0.25) is 0 Å². The summed E-state index contributed by atoms with van der Waals surface area (Å²) in [5.41, 5.74) is -0.577. The van der Waals surface area contributed by atoms with Gasteiger partial charge in [0.15, 0.2) is 6.61 Å². The second-order valence-electron chi connectivity index (χ2n) is 5.51.